The van der Waals surface area contributed by atoms with Crippen LogP contribution in [0.1, 0.15) is 93.4 Å². The van der Waals surface area contributed by atoms with Gasteiger partial charge in [0.2, 0.25) is 5.91 Å². The third-order valence-electron chi connectivity index (χ3n) is 8.61. The lowest BCUT2D eigenvalue weighted by Gasteiger charge is -2.39. The van der Waals surface area contributed by atoms with Crippen molar-refractivity contribution >= 4 is 17.7 Å². The summed E-state index contributed by atoms with van der Waals surface area (Å²) in [5, 5.41) is 13.9. The van der Waals surface area contributed by atoms with E-state index in [9.17, 15) is 19.5 Å². The number of epoxide rings is 1. The van der Waals surface area contributed by atoms with Crippen LogP contribution in [0.3, 0.4) is 0 Å². The van der Waals surface area contributed by atoms with Crippen molar-refractivity contribution in [1.82, 2.24) is 5.32 Å². The molecule has 0 aromatic carbocycles. The number of allylic oxidation sites excluding steroid dienone is 2. The van der Waals surface area contributed by atoms with E-state index in [1.54, 1.807) is 26.8 Å². The van der Waals surface area contributed by atoms with E-state index in [-0.39, 0.29) is 53.8 Å². The van der Waals surface area contributed by atoms with Crippen molar-refractivity contribution in [3.8, 4) is 0 Å². The van der Waals surface area contributed by atoms with Crippen LogP contribution in [0.25, 0.3) is 0 Å². The number of carbonyl (C=O) groups is 3. The zero-order valence-corrected chi connectivity index (χ0v) is 27.0. The first-order valence-electron chi connectivity index (χ1n) is 16.0. The minimum atomic E-state index is -0.763. The molecule has 0 saturated carbocycles. The largest absolute Gasteiger partial charge is 0.458 e. The van der Waals surface area contributed by atoms with Gasteiger partial charge in [-0.05, 0) is 52.0 Å². The third kappa shape index (κ3) is 10.7. The summed E-state index contributed by atoms with van der Waals surface area (Å²) < 4.78 is 23.4. The van der Waals surface area contributed by atoms with Crippen molar-refractivity contribution in [2.75, 3.05) is 6.61 Å². The predicted octanol–water partition coefficient (Wildman–Crippen LogP) is 4.76. The van der Waals surface area contributed by atoms with Crippen LogP contribution in [0.4, 0.5) is 0 Å². The minimum absolute atomic E-state index is 0.00989. The van der Waals surface area contributed by atoms with E-state index >= 15 is 0 Å². The molecule has 3 aliphatic rings. The Morgan fingerprint density at radius 1 is 1.14 bits per heavy atom. The molecule has 242 valence electrons. The molecule has 1 amide bonds. The lowest BCUT2D eigenvalue weighted by molar-refractivity contribution is -0.150. The number of Topliss-reactive ketones (excluding diaryl/α,β-unsaturated/α-hetero) is 1. The fourth-order valence-electron chi connectivity index (χ4n) is 5.67. The Hall–Kier alpha value is -2.33. The first kappa shape index (κ1) is 35.2. The molecule has 0 unspecified atom stereocenters. The average molecular weight is 604 g/mol. The highest BCUT2D eigenvalue weighted by atomic mass is 16.6. The number of amides is 1. The van der Waals surface area contributed by atoms with E-state index in [1.807, 2.05) is 26.0 Å². The Morgan fingerprint density at radius 3 is 2.51 bits per heavy atom. The molecule has 0 aromatic heterocycles. The van der Waals surface area contributed by atoms with E-state index in [0.717, 1.165) is 31.3 Å². The first-order chi connectivity index (χ1) is 20.3. The second-order valence-corrected chi connectivity index (χ2v) is 13.0. The summed E-state index contributed by atoms with van der Waals surface area (Å²) in [5.41, 5.74) is 0.432. The first-order valence-corrected chi connectivity index (χ1v) is 16.0. The highest BCUT2D eigenvalue weighted by Gasteiger charge is 2.58. The number of carbonyl (C=O) groups excluding carboxylic acids is 3. The number of aliphatic hydroxyl groups is 1. The van der Waals surface area contributed by atoms with Crippen LogP contribution in [-0.4, -0.2) is 77.6 Å². The van der Waals surface area contributed by atoms with Crippen molar-refractivity contribution in [2.45, 2.75) is 142 Å². The summed E-state index contributed by atoms with van der Waals surface area (Å²) in [4.78, 5) is 36.6. The number of rotatable bonds is 14. The summed E-state index contributed by atoms with van der Waals surface area (Å²) in [7, 11) is 0. The molecule has 9 heteroatoms. The van der Waals surface area contributed by atoms with Crippen molar-refractivity contribution in [2.24, 2.45) is 11.8 Å². The molecule has 9 atom stereocenters. The van der Waals surface area contributed by atoms with Gasteiger partial charge in [0.05, 0.1) is 36.9 Å². The third-order valence-corrected chi connectivity index (χ3v) is 8.61. The molecule has 0 bridgehead atoms. The highest BCUT2D eigenvalue weighted by Crippen LogP contribution is 2.43. The van der Waals surface area contributed by atoms with E-state index < -0.39 is 23.9 Å². The number of ketones is 1. The van der Waals surface area contributed by atoms with Gasteiger partial charge in [-0.2, -0.15) is 0 Å². The van der Waals surface area contributed by atoms with E-state index in [4.69, 9.17) is 18.9 Å². The van der Waals surface area contributed by atoms with Gasteiger partial charge >= 0.3 is 5.97 Å². The zero-order chi connectivity index (χ0) is 31.7. The Morgan fingerprint density at radius 2 is 1.86 bits per heavy atom. The minimum Gasteiger partial charge on any atom is -0.458 e. The molecule has 0 aromatic rings. The second kappa shape index (κ2) is 16.1. The maximum absolute atomic E-state index is 12.5. The van der Waals surface area contributed by atoms with Gasteiger partial charge < -0.3 is 29.4 Å². The number of hydrogen-bond acceptors (Lipinski definition) is 8. The number of esters is 1. The van der Waals surface area contributed by atoms with Gasteiger partial charge in [-0.3, -0.25) is 14.4 Å². The van der Waals surface area contributed by atoms with Crippen molar-refractivity contribution < 1.29 is 38.4 Å². The molecule has 3 fully saturated rings. The fraction of sp³-hybridized carbons (Fsp3) is 0.735. The van der Waals surface area contributed by atoms with Crippen LogP contribution < -0.4 is 5.32 Å². The lowest BCUT2D eigenvalue weighted by atomic mass is 9.86. The summed E-state index contributed by atoms with van der Waals surface area (Å²) in [6, 6.07) is -0.120. The fourth-order valence-corrected chi connectivity index (χ4v) is 5.67. The molecule has 0 radical (unpaired) electrons. The molecule has 2 N–H and O–H groups in total. The van der Waals surface area contributed by atoms with E-state index in [0.29, 0.717) is 25.9 Å². The van der Waals surface area contributed by atoms with Crippen molar-refractivity contribution in [3.05, 3.63) is 36.0 Å². The quantitative estimate of drug-likeness (QED) is 0.126. The van der Waals surface area contributed by atoms with Gasteiger partial charge in [0.25, 0.3) is 0 Å². The van der Waals surface area contributed by atoms with Gasteiger partial charge in [0, 0.05) is 25.3 Å². The average Bonchev–Trinajstić information content (AvgIpc) is 3.72. The smallest absolute Gasteiger partial charge is 0.308 e. The molecule has 3 rings (SSSR count). The number of hydrogen-bond donors (Lipinski definition) is 2. The lowest BCUT2D eigenvalue weighted by Crippen LogP contribution is -2.50. The Labute approximate surface area is 257 Å². The Bertz CT molecular complexity index is 1040. The van der Waals surface area contributed by atoms with Crippen molar-refractivity contribution in [3.63, 3.8) is 0 Å². The van der Waals surface area contributed by atoms with Gasteiger partial charge in [-0.1, -0.05) is 57.9 Å². The van der Waals surface area contributed by atoms with Gasteiger partial charge in [-0.25, -0.2) is 0 Å². The zero-order valence-electron chi connectivity index (χ0n) is 27.0. The van der Waals surface area contributed by atoms with Crippen molar-refractivity contribution in [1.29, 1.82) is 0 Å². The normalized spacial score (nSPS) is 33.7. The van der Waals surface area contributed by atoms with Gasteiger partial charge in [0.1, 0.15) is 29.7 Å². The van der Waals surface area contributed by atoms with Gasteiger partial charge in [0.15, 0.2) is 0 Å². The number of aliphatic hydroxyl groups excluding tert-OH is 1. The van der Waals surface area contributed by atoms with Gasteiger partial charge in [-0.15, -0.1) is 0 Å². The standard InChI is InChI=1S/C34H53NO8/c1-8-9-10-26(36)18-27-19-34(20-40-34)32(38)30(43-27)15-12-22(4)11-14-29-23(5)17-28(25(7)42-29)35-31(37)16-13-24(6)41-33(39)21(2)3/h11-13,15-16,21,23-25,27-30,32,38H,8-10,14,17-20H2,1-7H3,(H,35,37)/b15-12+,16-13-,22-11+/t23-,24-,25+,27+,28+,29-,30+,32+,34+/m0/s1. The predicted molar refractivity (Wildman–Crippen MR) is 164 cm³/mol. The number of nitrogens with one attached hydrogen (secondary N) is 1. The molecule has 9 nitrogen and oxygen atoms in total. The van der Waals surface area contributed by atoms with E-state index in [2.05, 4.69) is 25.2 Å². The molecule has 43 heavy (non-hydrogen) atoms. The molecule has 3 heterocycles. The number of ether oxygens (including phenoxy) is 4. The van der Waals surface area contributed by atoms with Crippen LogP contribution in [0.5, 0.6) is 0 Å². The summed E-state index contributed by atoms with van der Waals surface area (Å²) in [6.45, 7) is 13.9. The monoisotopic (exact) mass is 603 g/mol. The van der Waals surface area contributed by atoms with Crippen LogP contribution >= 0.6 is 0 Å². The molecular formula is C34H53NO8. The molecular weight excluding hydrogens is 550 g/mol. The Kier molecular flexibility index (Phi) is 13.2. The SMILES string of the molecule is CCCCC(=O)C[C@@H]1C[C@@]2(CO2)[C@H](O)[C@@H](/C=C/C(C)=C/C[C@@H]2O[C@H](C)[C@H](NC(=O)/C=C\[C@H](C)OC(=O)C(C)C)C[C@@H]2C)O1. The van der Waals surface area contributed by atoms with Crippen LogP contribution in [0.2, 0.25) is 0 Å². The molecule has 3 aliphatic heterocycles. The molecule has 1 spiro atoms. The topological polar surface area (TPSA) is 124 Å². The molecule has 0 aliphatic carbocycles. The van der Waals surface area contributed by atoms with Crippen LogP contribution in [-0.2, 0) is 33.3 Å². The van der Waals surface area contributed by atoms with E-state index in [1.165, 1.54) is 6.08 Å². The summed E-state index contributed by atoms with van der Waals surface area (Å²) in [6.07, 6.45) is 11.6. The second-order valence-electron chi connectivity index (χ2n) is 13.0. The summed E-state index contributed by atoms with van der Waals surface area (Å²) in [5.74, 6) is -0.329. The molecule has 3 saturated heterocycles. The maximum Gasteiger partial charge on any atom is 0.308 e. The van der Waals surface area contributed by atoms with Crippen LogP contribution in [0, 0.1) is 11.8 Å². The Balaban J connectivity index is 1.48. The van der Waals surface area contributed by atoms with Crippen LogP contribution in [0.15, 0.2) is 36.0 Å². The summed E-state index contributed by atoms with van der Waals surface area (Å²) >= 11 is 0. The maximum atomic E-state index is 12.5. The number of unbranched alkanes of at least 4 members (excludes halogenated alkanes) is 1. The highest BCUT2D eigenvalue weighted by molar-refractivity contribution is 5.87.